The second kappa shape index (κ2) is 10.2. The Bertz CT molecular complexity index is 347. The molecule has 0 amide bonds. The first-order valence-electron chi connectivity index (χ1n) is 7.17. The number of hydrogen-bond acceptors (Lipinski definition) is 3. The van der Waals surface area contributed by atoms with Crippen LogP contribution in [-0.2, 0) is 11.2 Å². The smallest absolute Gasteiger partial charge is 0.0621 e. The molecule has 4 heteroatoms. The maximum atomic E-state index is 6.17. The zero-order chi connectivity index (χ0) is 13.9. The summed E-state index contributed by atoms with van der Waals surface area (Å²) in [6.45, 7) is 6.89. The largest absolute Gasteiger partial charge is 0.382 e. The number of nitrogens with zero attached hydrogens (tertiary/aromatic N) is 1. The molecule has 1 aromatic heterocycles. The highest BCUT2D eigenvalue weighted by Gasteiger charge is 2.10. The Labute approximate surface area is 121 Å². The summed E-state index contributed by atoms with van der Waals surface area (Å²) >= 11 is 6.17. The first-order valence-corrected chi connectivity index (χ1v) is 7.55. The highest BCUT2D eigenvalue weighted by Crippen LogP contribution is 2.17. The summed E-state index contributed by atoms with van der Waals surface area (Å²) in [5.74, 6) is 0. The van der Waals surface area contributed by atoms with E-state index >= 15 is 0 Å². The van der Waals surface area contributed by atoms with Crippen LogP contribution in [0, 0.1) is 0 Å². The van der Waals surface area contributed by atoms with Crippen LogP contribution in [0.15, 0.2) is 18.5 Å². The molecule has 1 aromatic rings. The van der Waals surface area contributed by atoms with Crippen LogP contribution in [0.3, 0.4) is 0 Å². The van der Waals surface area contributed by atoms with Gasteiger partial charge in [0, 0.05) is 31.6 Å². The van der Waals surface area contributed by atoms with Gasteiger partial charge in [-0.25, -0.2) is 0 Å². The molecule has 3 nitrogen and oxygen atoms in total. The van der Waals surface area contributed by atoms with Crippen molar-refractivity contribution in [1.29, 1.82) is 0 Å². The third-order valence-corrected chi connectivity index (χ3v) is 3.39. The van der Waals surface area contributed by atoms with Crippen molar-refractivity contribution < 1.29 is 4.74 Å². The molecule has 0 fully saturated rings. The fourth-order valence-electron chi connectivity index (χ4n) is 2.04. The molecule has 1 rings (SSSR count). The Morgan fingerprint density at radius 3 is 2.95 bits per heavy atom. The molecule has 0 aliphatic heterocycles. The minimum absolute atomic E-state index is 0.459. The van der Waals surface area contributed by atoms with Crippen molar-refractivity contribution in [3.05, 3.63) is 29.0 Å². The lowest BCUT2D eigenvalue weighted by molar-refractivity contribution is 0.140. The molecule has 0 aliphatic carbocycles. The van der Waals surface area contributed by atoms with E-state index < -0.39 is 0 Å². The third kappa shape index (κ3) is 6.90. The van der Waals surface area contributed by atoms with Gasteiger partial charge in [-0.15, -0.1) is 0 Å². The number of pyridine rings is 1. The minimum Gasteiger partial charge on any atom is -0.382 e. The summed E-state index contributed by atoms with van der Waals surface area (Å²) in [5, 5.41) is 4.35. The quantitative estimate of drug-likeness (QED) is 0.668. The van der Waals surface area contributed by atoms with Crippen molar-refractivity contribution >= 4 is 11.6 Å². The number of ether oxygens (including phenoxy) is 1. The van der Waals surface area contributed by atoms with Crippen molar-refractivity contribution in [3.63, 3.8) is 0 Å². The van der Waals surface area contributed by atoms with Crippen molar-refractivity contribution in [1.82, 2.24) is 10.3 Å². The summed E-state index contributed by atoms with van der Waals surface area (Å²) in [4.78, 5) is 4.03. The van der Waals surface area contributed by atoms with E-state index in [1.165, 1.54) is 5.56 Å². The molecule has 1 N–H and O–H groups in total. The predicted molar refractivity (Wildman–Crippen MR) is 80.8 cm³/mol. The molecule has 0 bridgehead atoms. The first kappa shape index (κ1) is 16.4. The van der Waals surface area contributed by atoms with Gasteiger partial charge in [0.05, 0.1) is 5.02 Å². The van der Waals surface area contributed by atoms with Gasteiger partial charge in [-0.05, 0) is 50.8 Å². The van der Waals surface area contributed by atoms with Crippen molar-refractivity contribution in [2.45, 2.75) is 45.6 Å². The van der Waals surface area contributed by atoms with Crippen LogP contribution < -0.4 is 5.32 Å². The first-order chi connectivity index (χ1) is 9.27. The van der Waals surface area contributed by atoms with Gasteiger partial charge < -0.3 is 10.1 Å². The van der Waals surface area contributed by atoms with Gasteiger partial charge in [-0.2, -0.15) is 0 Å². The lowest BCUT2D eigenvalue weighted by Gasteiger charge is -2.19. The highest BCUT2D eigenvalue weighted by molar-refractivity contribution is 6.31. The number of halogens is 1. The monoisotopic (exact) mass is 284 g/mol. The maximum Gasteiger partial charge on any atom is 0.0621 e. The SMILES string of the molecule is CCCNC(CCCOCC)Cc1ccncc1Cl. The fourth-order valence-corrected chi connectivity index (χ4v) is 2.23. The van der Waals surface area contributed by atoms with Crippen LogP contribution in [0.5, 0.6) is 0 Å². The van der Waals surface area contributed by atoms with E-state index in [1.54, 1.807) is 12.4 Å². The minimum atomic E-state index is 0.459. The van der Waals surface area contributed by atoms with E-state index in [1.807, 2.05) is 13.0 Å². The van der Waals surface area contributed by atoms with Gasteiger partial charge in [0.1, 0.15) is 0 Å². The summed E-state index contributed by atoms with van der Waals surface area (Å²) in [6, 6.07) is 2.46. The van der Waals surface area contributed by atoms with Crippen LogP contribution in [0.4, 0.5) is 0 Å². The Morgan fingerprint density at radius 2 is 2.26 bits per heavy atom. The summed E-state index contributed by atoms with van der Waals surface area (Å²) in [5.41, 5.74) is 1.17. The van der Waals surface area contributed by atoms with Crippen LogP contribution in [0.25, 0.3) is 0 Å². The number of rotatable bonds is 10. The van der Waals surface area contributed by atoms with Crippen LogP contribution >= 0.6 is 11.6 Å². The second-order valence-electron chi connectivity index (χ2n) is 4.66. The Hall–Kier alpha value is -0.640. The maximum absolute atomic E-state index is 6.17. The van der Waals surface area contributed by atoms with Gasteiger partial charge in [-0.3, -0.25) is 4.98 Å². The zero-order valence-corrected chi connectivity index (χ0v) is 12.7. The molecular weight excluding hydrogens is 260 g/mol. The summed E-state index contributed by atoms with van der Waals surface area (Å²) in [6.07, 6.45) is 7.81. The van der Waals surface area contributed by atoms with E-state index in [2.05, 4.69) is 17.2 Å². The highest BCUT2D eigenvalue weighted by atomic mass is 35.5. The van der Waals surface area contributed by atoms with E-state index in [4.69, 9.17) is 16.3 Å². The lowest BCUT2D eigenvalue weighted by Crippen LogP contribution is -2.32. The van der Waals surface area contributed by atoms with Crippen molar-refractivity contribution in [2.75, 3.05) is 19.8 Å². The van der Waals surface area contributed by atoms with Crippen molar-refractivity contribution in [2.24, 2.45) is 0 Å². The average Bonchev–Trinajstić information content (AvgIpc) is 2.43. The number of hydrogen-bond donors (Lipinski definition) is 1. The summed E-state index contributed by atoms with van der Waals surface area (Å²) in [7, 11) is 0. The number of aromatic nitrogens is 1. The van der Waals surface area contributed by atoms with Gasteiger partial charge >= 0.3 is 0 Å². The molecule has 0 saturated carbocycles. The van der Waals surface area contributed by atoms with Gasteiger partial charge in [0.15, 0.2) is 0 Å². The molecule has 1 atom stereocenters. The van der Waals surface area contributed by atoms with E-state index in [0.717, 1.165) is 50.5 Å². The number of nitrogens with one attached hydrogen (secondary N) is 1. The Morgan fingerprint density at radius 1 is 1.42 bits per heavy atom. The fraction of sp³-hybridized carbons (Fsp3) is 0.667. The molecule has 0 aromatic carbocycles. The Kier molecular flexibility index (Phi) is 8.80. The molecule has 0 radical (unpaired) electrons. The molecular formula is C15H25ClN2O. The molecule has 1 heterocycles. The molecule has 108 valence electrons. The lowest BCUT2D eigenvalue weighted by atomic mass is 10.0. The van der Waals surface area contributed by atoms with Crippen LogP contribution in [-0.4, -0.2) is 30.8 Å². The summed E-state index contributed by atoms with van der Waals surface area (Å²) < 4.78 is 5.40. The topological polar surface area (TPSA) is 34.1 Å². The molecule has 0 aliphatic rings. The molecule has 1 unspecified atom stereocenters. The molecule has 0 saturated heterocycles. The van der Waals surface area contributed by atoms with Gasteiger partial charge in [0.2, 0.25) is 0 Å². The second-order valence-corrected chi connectivity index (χ2v) is 5.07. The van der Waals surface area contributed by atoms with Crippen LogP contribution in [0.1, 0.15) is 38.7 Å². The Balaban J connectivity index is 2.46. The van der Waals surface area contributed by atoms with Gasteiger partial charge in [0.25, 0.3) is 0 Å². The zero-order valence-electron chi connectivity index (χ0n) is 12.0. The third-order valence-electron chi connectivity index (χ3n) is 3.05. The van der Waals surface area contributed by atoms with Gasteiger partial charge in [-0.1, -0.05) is 18.5 Å². The van der Waals surface area contributed by atoms with Crippen molar-refractivity contribution in [3.8, 4) is 0 Å². The average molecular weight is 285 g/mol. The molecule has 0 spiro atoms. The normalized spacial score (nSPS) is 12.6. The van der Waals surface area contributed by atoms with E-state index in [0.29, 0.717) is 6.04 Å². The predicted octanol–water partition coefficient (Wildman–Crippen LogP) is 3.46. The standard InChI is InChI=1S/C15H25ClN2O/c1-3-8-18-14(6-5-10-19-4-2)11-13-7-9-17-12-15(13)16/h7,9,12,14,18H,3-6,8,10-11H2,1-2H3. The van der Waals surface area contributed by atoms with Crippen LogP contribution in [0.2, 0.25) is 5.02 Å². The van der Waals surface area contributed by atoms with E-state index in [-0.39, 0.29) is 0 Å². The van der Waals surface area contributed by atoms with E-state index in [9.17, 15) is 0 Å². The molecule has 19 heavy (non-hydrogen) atoms.